The van der Waals surface area contributed by atoms with E-state index in [0.717, 1.165) is 25.7 Å². The monoisotopic (exact) mass is 291 g/mol. The lowest BCUT2D eigenvalue weighted by Crippen LogP contribution is -2.38. The number of alkyl halides is 1. The quantitative estimate of drug-likeness (QED) is 0.633. The lowest BCUT2D eigenvalue weighted by Gasteiger charge is -2.21. The first kappa shape index (κ1) is 13.5. The number of hydrogen-bond acceptors (Lipinski definition) is 3. The van der Waals surface area contributed by atoms with Crippen LogP contribution in [0.5, 0.6) is 0 Å². The lowest BCUT2D eigenvalue weighted by molar-refractivity contribution is -0.139. The summed E-state index contributed by atoms with van der Waals surface area (Å²) in [5.74, 6) is -0.164. The van der Waals surface area contributed by atoms with Gasteiger partial charge in [0.25, 0.3) is 0 Å². The van der Waals surface area contributed by atoms with Gasteiger partial charge in [0.1, 0.15) is 4.83 Å². The molecule has 1 unspecified atom stereocenters. The van der Waals surface area contributed by atoms with E-state index in [-0.39, 0.29) is 17.8 Å². The van der Waals surface area contributed by atoms with Crippen molar-refractivity contribution in [1.82, 2.24) is 5.32 Å². The van der Waals surface area contributed by atoms with Gasteiger partial charge in [-0.1, -0.05) is 35.2 Å². The van der Waals surface area contributed by atoms with Gasteiger partial charge in [-0.2, -0.15) is 0 Å². The number of carbonyl (C=O) groups excluding carboxylic acids is 2. The number of esters is 1. The number of methoxy groups -OCH3 is 1. The maximum atomic E-state index is 11.7. The van der Waals surface area contributed by atoms with Gasteiger partial charge >= 0.3 is 5.97 Å². The second-order valence-electron chi connectivity index (χ2n) is 4.07. The number of nitrogens with one attached hydrogen (secondary N) is 1. The highest BCUT2D eigenvalue weighted by molar-refractivity contribution is 9.10. The van der Waals surface area contributed by atoms with Gasteiger partial charge in [0, 0.05) is 12.5 Å². The number of amides is 1. The van der Waals surface area contributed by atoms with Gasteiger partial charge < -0.3 is 10.1 Å². The maximum absolute atomic E-state index is 11.7. The van der Waals surface area contributed by atoms with Crippen molar-refractivity contribution >= 4 is 27.8 Å². The Morgan fingerprint density at radius 1 is 1.38 bits per heavy atom. The fourth-order valence-electron chi connectivity index (χ4n) is 1.91. The van der Waals surface area contributed by atoms with Gasteiger partial charge in [0.05, 0.1) is 7.11 Å². The largest absolute Gasteiger partial charge is 0.468 e. The molecule has 0 aliphatic heterocycles. The molecule has 0 spiro atoms. The normalized spacial score (nSPS) is 18.9. The topological polar surface area (TPSA) is 55.4 Å². The Labute approximate surface area is 104 Å². The van der Waals surface area contributed by atoms with Gasteiger partial charge in [-0.3, -0.25) is 9.59 Å². The first-order chi connectivity index (χ1) is 7.65. The second-order valence-corrected chi connectivity index (χ2v) is 5.18. The lowest BCUT2D eigenvalue weighted by atomic mass is 9.89. The van der Waals surface area contributed by atoms with Gasteiger partial charge in [-0.05, 0) is 12.8 Å². The van der Waals surface area contributed by atoms with Crippen molar-refractivity contribution in [3.05, 3.63) is 0 Å². The predicted molar refractivity (Wildman–Crippen MR) is 64.3 cm³/mol. The molecule has 92 valence electrons. The zero-order chi connectivity index (χ0) is 12.0. The molecule has 1 amide bonds. The van der Waals surface area contributed by atoms with Crippen LogP contribution in [0.3, 0.4) is 0 Å². The predicted octanol–water partition coefficient (Wildman–Crippen LogP) is 1.62. The fourth-order valence-corrected chi connectivity index (χ4v) is 2.26. The van der Waals surface area contributed by atoms with E-state index in [1.807, 2.05) is 0 Å². The van der Waals surface area contributed by atoms with Crippen LogP contribution in [0.25, 0.3) is 0 Å². The number of hydrogen-bond donors (Lipinski definition) is 1. The molecule has 0 aromatic carbocycles. The van der Waals surface area contributed by atoms with Crippen molar-refractivity contribution in [2.75, 3.05) is 13.7 Å². The molecule has 16 heavy (non-hydrogen) atoms. The van der Waals surface area contributed by atoms with Crippen molar-refractivity contribution in [2.24, 2.45) is 5.92 Å². The summed E-state index contributed by atoms with van der Waals surface area (Å²) < 4.78 is 4.55. The van der Waals surface area contributed by atoms with Gasteiger partial charge in [0.15, 0.2) is 0 Å². The SMILES string of the molecule is COC(=O)C(Br)CNC(=O)C1CCCCC1. The molecule has 0 radical (unpaired) electrons. The van der Waals surface area contributed by atoms with Crippen LogP contribution in [0.1, 0.15) is 32.1 Å². The Morgan fingerprint density at radius 3 is 2.56 bits per heavy atom. The summed E-state index contributed by atoms with van der Waals surface area (Å²) in [5, 5.41) is 2.78. The first-order valence-corrected chi connectivity index (χ1v) is 6.56. The molecule has 0 aromatic rings. The van der Waals surface area contributed by atoms with Crippen molar-refractivity contribution in [3.8, 4) is 0 Å². The van der Waals surface area contributed by atoms with E-state index in [0.29, 0.717) is 6.54 Å². The van der Waals surface area contributed by atoms with E-state index in [9.17, 15) is 9.59 Å². The molecule has 4 nitrogen and oxygen atoms in total. The molecule has 0 saturated heterocycles. The summed E-state index contributed by atoms with van der Waals surface area (Å²) >= 11 is 3.17. The second kappa shape index (κ2) is 6.89. The Balaban J connectivity index is 2.26. The van der Waals surface area contributed by atoms with E-state index in [1.54, 1.807) is 0 Å². The maximum Gasteiger partial charge on any atom is 0.321 e. The van der Waals surface area contributed by atoms with E-state index in [2.05, 4.69) is 26.0 Å². The molecule has 0 aromatic heterocycles. The third-order valence-electron chi connectivity index (χ3n) is 2.89. The van der Waals surface area contributed by atoms with Crippen LogP contribution in [0.15, 0.2) is 0 Å². The average Bonchev–Trinajstić information content (AvgIpc) is 2.35. The van der Waals surface area contributed by atoms with E-state index >= 15 is 0 Å². The molecule has 1 saturated carbocycles. The molecule has 1 fully saturated rings. The van der Waals surface area contributed by atoms with Crippen molar-refractivity contribution in [2.45, 2.75) is 36.9 Å². The summed E-state index contributed by atoms with van der Waals surface area (Å²) in [6, 6.07) is 0. The van der Waals surface area contributed by atoms with Crippen LogP contribution in [-0.4, -0.2) is 30.4 Å². The number of rotatable bonds is 4. The minimum atomic E-state index is -0.454. The molecule has 0 bridgehead atoms. The highest BCUT2D eigenvalue weighted by atomic mass is 79.9. The Morgan fingerprint density at radius 2 is 2.00 bits per heavy atom. The van der Waals surface area contributed by atoms with Crippen LogP contribution >= 0.6 is 15.9 Å². The van der Waals surface area contributed by atoms with Crippen LogP contribution < -0.4 is 5.32 Å². The van der Waals surface area contributed by atoms with Crippen molar-refractivity contribution < 1.29 is 14.3 Å². The van der Waals surface area contributed by atoms with Crippen LogP contribution in [-0.2, 0) is 14.3 Å². The number of carbonyl (C=O) groups is 2. The molecule has 0 heterocycles. The highest BCUT2D eigenvalue weighted by Crippen LogP contribution is 2.23. The molecule has 1 rings (SSSR count). The summed E-state index contributed by atoms with van der Waals surface area (Å²) in [4.78, 5) is 22.4. The fraction of sp³-hybridized carbons (Fsp3) is 0.818. The van der Waals surface area contributed by atoms with Crippen molar-refractivity contribution in [1.29, 1.82) is 0 Å². The molecular weight excluding hydrogens is 274 g/mol. The highest BCUT2D eigenvalue weighted by Gasteiger charge is 2.22. The van der Waals surface area contributed by atoms with Crippen molar-refractivity contribution in [3.63, 3.8) is 0 Å². The third-order valence-corrected chi connectivity index (χ3v) is 3.59. The van der Waals surface area contributed by atoms with E-state index < -0.39 is 4.83 Å². The summed E-state index contributed by atoms with van der Waals surface area (Å²) in [6.07, 6.45) is 5.43. The molecule has 1 atom stereocenters. The third kappa shape index (κ3) is 4.12. The smallest absolute Gasteiger partial charge is 0.321 e. The Kier molecular flexibility index (Phi) is 5.80. The molecule has 1 aliphatic rings. The minimum Gasteiger partial charge on any atom is -0.468 e. The molecular formula is C11H18BrNO3. The Hall–Kier alpha value is -0.580. The minimum absolute atomic E-state index is 0.0630. The van der Waals surface area contributed by atoms with Gasteiger partial charge in [-0.15, -0.1) is 0 Å². The van der Waals surface area contributed by atoms with Crippen LogP contribution in [0, 0.1) is 5.92 Å². The van der Waals surface area contributed by atoms with Crippen LogP contribution in [0.2, 0.25) is 0 Å². The molecule has 5 heteroatoms. The van der Waals surface area contributed by atoms with Gasteiger partial charge in [-0.25, -0.2) is 0 Å². The van der Waals surface area contributed by atoms with Crippen LogP contribution in [0.4, 0.5) is 0 Å². The van der Waals surface area contributed by atoms with E-state index in [1.165, 1.54) is 13.5 Å². The Bertz CT molecular complexity index is 252. The molecule has 1 aliphatic carbocycles. The van der Waals surface area contributed by atoms with Gasteiger partial charge in [0.2, 0.25) is 5.91 Å². The average molecular weight is 292 g/mol. The zero-order valence-electron chi connectivity index (χ0n) is 9.50. The summed E-state index contributed by atoms with van der Waals surface area (Å²) in [5.41, 5.74) is 0. The zero-order valence-corrected chi connectivity index (χ0v) is 11.1. The number of ether oxygens (including phenoxy) is 1. The van der Waals surface area contributed by atoms with E-state index in [4.69, 9.17) is 0 Å². The summed E-state index contributed by atoms with van der Waals surface area (Å²) in [7, 11) is 1.33. The summed E-state index contributed by atoms with van der Waals surface area (Å²) in [6.45, 7) is 0.294. The molecule has 1 N–H and O–H groups in total. The number of halogens is 1. The first-order valence-electron chi connectivity index (χ1n) is 5.64. The standard InChI is InChI=1S/C11H18BrNO3/c1-16-11(15)9(12)7-13-10(14)8-5-3-2-4-6-8/h8-9H,2-7H2,1H3,(H,13,14).